The van der Waals surface area contributed by atoms with E-state index in [-0.39, 0.29) is 11.7 Å². The quantitative estimate of drug-likeness (QED) is 0.845. The van der Waals surface area contributed by atoms with E-state index in [0.717, 1.165) is 42.9 Å². The van der Waals surface area contributed by atoms with Gasteiger partial charge in [-0.1, -0.05) is 11.8 Å². The topological polar surface area (TPSA) is 57.4 Å². The summed E-state index contributed by atoms with van der Waals surface area (Å²) in [6, 6.07) is 1.93. The molecule has 21 heavy (non-hydrogen) atoms. The highest BCUT2D eigenvalue weighted by Gasteiger charge is 2.41. The van der Waals surface area contributed by atoms with Gasteiger partial charge in [-0.05, 0) is 18.2 Å². The molecule has 0 bridgehead atoms. The molecule has 2 unspecified atom stereocenters. The minimum absolute atomic E-state index is 0.0397. The first-order chi connectivity index (χ1) is 10.3. The number of aromatic nitrogens is 1. The Bertz CT molecular complexity index is 547. The second-order valence-electron chi connectivity index (χ2n) is 5.48. The molecule has 2 N–H and O–H groups in total. The van der Waals surface area contributed by atoms with E-state index in [4.69, 9.17) is 15.2 Å². The van der Waals surface area contributed by atoms with Gasteiger partial charge in [-0.15, -0.1) is 0 Å². The SMILES string of the molecule is NCC#Cc1cncc(OC2CCOC3(CCSC3)C2)c1. The van der Waals surface area contributed by atoms with Gasteiger partial charge in [-0.3, -0.25) is 4.98 Å². The molecule has 2 saturated heterocycles. The summed E-state index contributed by atoms with van der Waals surface area (Å²) in [5.74, 6) is 8.89. The molecule has 112 valence electrons. The van der Waals surface area contributed by atoms with Crippen LogP contribution in [0.1, 0.15) is 24.8 Å². The molecule has 0 saturated carbocycles. The third-order valence-corrected chi connectivity index (χ3v) is 5.09. The van der Waals surface area contributed by atoms with Gasteiger partial charge in [-0.25, -0.2) is 0 Å². The molecule has 0 aromatic carbocycles. The van der Waals surface area contributed by atoms with E-state index in [1.807, 2.05) is 17.8 Å². The molecule has 4 nitrogen and oxygen atoms in total. The van der Waals surface area contributed by atoms with Crippen LogP contribution in [-0.2, 0) is 4.74 Å². The Labute approximate surface area is 129 Å². The van der Waals surface area contributed by atoms with E-state index in [1.54, 1.807) is 12.4 Å². The van der Waals surface area contributed by atoms with Gasteiger partial charge in [0.2, 0.25) is 0 Å². The zero-order valence-corrected chi connectivity index (χ0v) is 12.8. The van der Waals surface area contributed by atoms with Crippen LogP contribution in [0.15, 0.2) is 18.5 Å². The van der Waals surface area contributed by atoms with E-state index < -0.39 is 0 Å². The highest BCUT2D eigenvalue weighted by atomic mass is 32.2. The fourth-order valence-corrected chi connectivity index (χ4v) is 4.22. The summed E-state index contributed by atoms with van der Waals surface area (Å²) in [4.78, 5) is 4.19. The van der Waals surface area contributed by atoms with Gasteiger partial charge in [0.15, 0.2) is 0 Å². The number of nitrogens with two attached hydrogens (primary N) is 1. The molecule has 0 amide bonds. The standard InChI is InChI=1S/C16H20N2O2S/c17-5-1-2-13-8-15(11-18-10-13)20-14-3-6-19-16(9-14)4-7-21-12-16/h8,10-11,14H,3-7,9,12,17H2. The third-order valence-electron chi connectivity index (χ3n) is 3.87. The van der Waals surface area contributed by atoms with Crippen molar-refractivity contribution in [1.82, 2.24) is 4.98 Å². The summed E-state index contributed by atoms with van der Waals surface area (Å²) < 4.78 is 12.1. The number of rotatable bonds is 2. The molecule has 1 aromatic rings. The summed E-state index contributed by atoms with van der Waals surface area (Å²) in [5, 5.41) is 0. The normalized spacial score (nSPS) is 28.1. The van der Waals surface area contributed by atoms with Gasteiger partial charge in [0.25, 0.3) is 0 Å². The summed E-state index contributed by atoms with van der Waals surface area (Å²) in [5.41, 5.74) is 6.27. The number of thioether (sulfide) groups is 1. The van der Waals surface area contributed by atoms with Crippen molar-refractivity contribution in [2.45, 2.75) is 31.0 Å². The van der Waals surface area contributed by atoms with Crippen molar-refractivity contribution in [2.75, 3.05) is 24.7 Å². The number of hydrogen-bond acceptors (Lipinski definition) is 5. The average Bonchev–Trinajstić information content (AvgIpc) is 2.93. The van der Waals surface area contributed by atoms with Crippen LogP contribution in [0.25, 0.3) is 0 Å². The van der Waals surface area contributed by atoms with E-state index in [1.165, 1.54) is 5.75 Å². The van der Waals surface area contributed by atoms with Crippen molar-refractivity contribution >= 4 is 11.8 Å². The molecule has 0 aliphatic carbocycles. The Hall–Kier alpha value is -1.22. The Balaban J connectivity index is 1.65. The van der Waals surface area contributed by atoms with Crippen molar-refractivity contribution in [3.05, 3.63) is 24.0 Å². The first-order valence-electron chi connectivity index (χ1n) is 7.32. The van der Waals surface area contributed by atoms with Gasteiger partial charge in [0, 0.05) is 30.4 Å². The van der Waals surface area contributed by atoms with Crippen LogP contribution in [0.3, 0.4) is 0 Å². The minimum atomic E-state index is 0.0397. The first kappa shape index (κ1) is 14.7. The largest absolute Gasteiger partial charge is 0.489 e. The van der Waals surface area contributed by atoms with Crippen LogP contribution in [0.4, 0.5) is 0 Å². The fraction of sp³-hybridized carbons (Fsp3) is 0.562. The predicted molar refractivity (Wildman–Crippen MR) is 84.4 cm³/mol. The summed E-state index contributed by atoms with van der Waals surface area (Å²) in [7, 11) is 0. The average molecular weight is 304 g/mol. The summed E-state index contributed by atoms with van der Waals surface area (Å²) in [6.45, 7) is 1.14. The maximum atomic E-state index is 6.11. The first-order valence-corrected chi connectivity index (χ1v) is 8.47. The zero-order chi connectivity index (χ0) is 14.5. The molecule has 3 rings (SSSR count). The second kappa shape index (κ2) is 6.69. The van der Waals surface area contributed by atoms with E-state index in [2.05, 4.69) is 16.8 Å². The van der Waals surface area contributed by atoms with E-state index in [0.29, 0.717) is 6.54 Å². The van der Waals surface area contributed by atoms with Crippen molar-refractivity contribution in [3.63, 3.8) is 0 Å². The highest BCUT2D eigenvalue weighted by Crippen LogP contribution is 2.39. The van der Waals surface area contributed by atoms with Gasteiger partial charge in [-0.2, -0.15) is 11.8 Å². The van der Waals surface area contributed by atoms with Crippen molar-refractivity contribution < 1.29 is 9.47 Å². The molecular formula is C16H20N2O2S. The maximum absolute atomic E-state index is 6.11. The lowest BCUT2D eigenvalue weighted by Crippen LogP contribution is -2.43. The van der Waals surface area contributed by atoms with E-state index in [9.17, 15) is 0 Å². The molecule has 2 atom stereocenters. The van der Waals surface area contributed by atoms with Crippen LogP contribution in [0, 0.1) is 11.8 Å². The zero-order valence-electron chi connectivity index (χ0n) is 12.0. The Kier molecular flexibility index (Phi) is 4.69. The number of ether oxygens (including phenoxy) is 2. The second-order valence-corrected chi connectivity index (χ2v) is 6.59. The molecule has 1 spiro atoms. The Morgan fingerprint density at radius 2 is 2.48 bits per heavy atom. The molecule has 5 heteroatoms. The Morgan fingerprint density at radius 1 is 1.52 bits per heavy atom. The van der Waals surface area contributed by atoms with Crippen molar-refractivity contribution in [1.29, 1.82) is 0 Å². The van der Waals surface area contributed by atoms with Crippen LogP contribution < -0.4 is 10.5 Å². The lowest BCUT2D eigenvalue weighted by molar-refractivity contribution is -0.0959. The summed E-state index contributed by atoms with van der Waals surface area (Å²) in [6.07, 6.45) is 6.73. The van der Waals surface area contributed by atoms with Gasteiger partial charge in [0.1, 0.15) is 11.9 Å². The smallest absolute Gasteiger partial charge is 0.139 e. The van der Waals surface area contributed by atoms with E-state index >= 15 is 0 Å². The number of pyridine rings is 1. The molecule has 0 radical (unpaired) electrons. The third kappa shape index (κ3) is 3.70. The molecule has 2 aliphatic heterocycles. The van der Waals surface area contributed by atoms with Gasteiger partial charge in [0.05, 0.1) is 24.9 Å². The van der Waals surface area contributed by atoms with Crippen molar-refractivity contribution in [2.24, 2.45) is 5.73 Å². The molecule has 1 aromatic heterocycles. The maximum Gasteiger partial charge on any atom is 0.139 e. The monoisotopic (exact) mass is 304 g/mol. The summed E-state index contributed by atoms with van der Waals surface area (Å²) >= 11 is 1.98. The molecule has 2 aliphatic rings. The highest BCUT2D eigenvalue weighted by molar-refractivity contribution is 7.99. The van der Waals surface area contributed by atoms with Gasteiger partial charge < -0.3 is 15.2 Å². The lowest BCUT2D eigenvalue weighted by Gasteiger charge is -2.37. The van der Waals surface area contributed by atoms with Crippen molar-refractivity contribution in [3.8, 4) is 17.6 Å². The van der Waals surface area contributed by atoms with Crippen LogP contribution in [-0.4, -0.2) is 41.3 Å². The molecular weight excluding hydrogens is 284 g/mol. The lowest BCUT2D eigenvalue weighted by atomic mass is 9.91. The van der Waals surface area contributed by atoms with Gasteiger partial charge >= 0.3 is 0 Å². The molecule has 3 heterocycles. The Morgan fingerprint density at radius 3 is 3.29 bits per heavy atom. The van der Waals surface area contributed by atoms with Crippen LogP contribution in [0.5, 0.6) is 5.75 Å². The molecule has 2 fully saturated rings. The predicted octanol–water partition coefficient (Wildman–Crippen LogP) is 1.83. The minimum Gasteiger partial charge on any atom is -0.489 e. The van der Waals surface area contributed by atoms with Crippen LogP contribution >= 0.6 is 11.8 Å². The van der Waals surface area contributed by atoms with Crippen LogP contribution in [0.2, 0.25) is 0 Å². The number of nitrogens with zero attached hydrogens (tertiary/aromatic N) is 1. The number of hydrogen-bond donors (Lipinski definition) is 1. The fourth-order valence-electron chi connectivity index (χ4n) is 2.84.